The highest BCUT2D eigenvalue weighted by Crippen LogP contribution is 2.19. The molecule has 2 heterocycles. The van der Waals surface area contributed by atoms with Crippen LogP contribution in [0.4, 0.5) is 0 Å². The summed E-state index contributed by atoms with van der Waals surface area (Å²) >= 11 is 0. The van der Waals surface area contributed by atoms with E-state index >= 15 is 0 Å². The molecule has 0 saturated heterocycles. The van der Waals surface area contributed by atoms with Crippen LogP contribution in [0, 0.1) is 0 Å². The first-order chi connectivity index (χ1) is 12.5. The number of amides is 1. The van der Waals surface area contributed by atoms with Crippen molar-refractivity contribution in [3.8, 4) is 0 Å². The van der Waals surface area contributed by atoms with E-state index in [9.17, 15) is 4.79 Å². The van der Waals surface area contributed by atoms with Gasteiger partial charge in [-0.2, -0.15) is 5.10 Å². The topological polar surface area (TPSA) is 59.8 Å². The number of carbonyl (C=O) groups excluding carboxylic acids is 1. The number of hydrogen-bond donors (Lipinski definition) is 1. The summed E-state index contributed by atoms with van der Waals surface area (Å²) in [6.07, 6.45) is 4.51. The zero-order valence-electron chi connectivity index (χ0n) is 15.2. The Labute approximate surface area is 154 Å². The summed E-state index contributed by atoms with van der Waals surface area (Å²) in [7, 11) is 0. The Balaban J connectivity index is 1.55. The average Bonchev–Trinajstić information content (AvgIpc) is 3.15. The monoisotopic (exact) mass is 348 g/mol. The molecule has 0 atom stereocenters. The Morgan fingerprint density at radius 1 is 1.08 bits per heavy atom. The molecular formula is C21H24N4O. The lowest BCUT2D eigenvalue weighted by molar-refractivity contribution is 0.0939. The summed E-state index contributed by atoms with van der Waals surface area (Å²) in [5.41, 5.74) is 2.40. The summed E-state index contributed by atoms with van der Waals surface area (Å²) in [6.45, 7) is 5.37. The summed E-state index contributed by atoms with van der Waals surface area (Å²) in [5.74, 6) is -0.160. The molecular weight excluding hydrogens is 324 g/mol. The molecule has 0 aliphatic heterocycles. The van der Waals surface area contributed by atoms with Crippen molar-refractivity contribution in [1.29, 1.82) is 0 Å². The highest BCUT2D eigenvalue weighted by atomic mass is 16.1. The Bertz CT molecular complexity index is 841. The van der Waals surface area contributed by atoms with Crippen molar-refractivity contribution in [3.63, 3.8) is 0 Å². The van der Waals surface area contributed by atoms with Crippen LogP contribution in [0.1, 0.15) is 35.6 Å². The Kier molecular flexibility index (Phi) is 5.46. The third-order valence-corrected chi connectivity index (χ3v) is 4.39. The molecule has 0 bridgehead atoms. The summed E-state index contributed by atoms with van der Waals surface area (Å²) in [6, 6.07) is 17.8. The number of pyridine rings is 1. The van der Waals surface area contributed by atoms with Crippen LogP contribution in [0.5, 0.6) is 0 Å². The third-order valence-electron chi connectivity index (χ3n) is 4.39. The maximum atomic E-state index is 12.4. The maximum absolute atomic E-state index is 12.4. The van der Waals surface area contributed by atoms with Gasteiger partial charge in [0.25, 0.3) is 5.91 Å². The molecule has 1 aromatic carbocycles. The number of aromatic nitrogens is 3. The molecule has 0 radical (unpaired) electrons. The lowest BCUT2D eigenvalue weighted by atomic mass is 9.88. The lowest BCUT2D eigenvalue weighted by Gasteiger charge is -2.24. The van der Waals surface area contributed by atoms with Crippen molar-refractivity contribution in [2.24, 2.45) is 0 Å². The van der Waals surface area contributed by atoms with Gasteiger partial charge in [0.15, 0.2) is 0 Å². The van der Waals surface area contributed by atoms with Crippen LogP contribution in [-0.4, -0.2) is 27.2 Å². The molecule has 0 aliphatic carbocycles. The van der Waals surface area contributed by atoms with Gasteiger partial charge in [0.1, 0.15) is 5.69 Å². The van der Waals surface area contributed by atoms with Crippen LogP contribution in [0.15, 0.2) is 67.0 Å². The molecule has 1 N–H and O–H groups in total. The molecule has 0 spiro atoms. The van der Waals surface area contributed by atoms with Gasteiger partial charge in [0.05, 0.1) is 0 Å². The predicted molar refractivity (Wildman–Crippen MR) is 102 cm³/mol. The van der Waals surface area contributed by atoms with Crippen molar-refractivity contribution in [3.05, 3.63) is 83.9 Å². The SMILES string of the molecule is CC(C)(CNC(=O)c1ccn(CCc2ccccc2)n1)c1ccccn1. The first-order valence-electron chi connectivity index (χ1n) is 8.82. The minimum Gasteiger partial charge on any atom is -0.350 e. The van der Waals surface area contributed by atoms with Crippen LogP contribution >= 0.6 is 0 Å². The van der Waals surface area contributed by atoms with E-state index in [0.29, 0.717) is 12.2 Å². The second-order valence-corrected chi connectivity index (χ2v) is 6.98. The van der Waals surface area contributed by atoms with Gasteiger partial charge in [0, 0.05) is 36.6 Å². The lowest BCUT2D eigenvalue weighted by Crippen LogP contribution is -2.37. The second kappa shape index (κ2) is 7.95. The first kappa shape index (κ1) is 17.9. The van der Waals surface area contributed by atoms with E-state index in [2.05, 4.69) is 41.4 Å². The number of carbonyl (C=O) groups is 1. The molecule has 5 nitrogen and oxygen atoms in total. The number of nitrogens with one attached hydrogen (secondary N) is 1. The van der Waals surface area contributed by atoms with E-state index in [1.807, 2.05) is 47.3 Å². The molecule has 0 unspecified atom stereocenters. The fourth-order valence-electron chi connectivity index (χ4n) is 2.74. The zero-order valence-corrected chi connectivity index (χ0v) is 15.2. The van der Waals surface area contributed by atoms with Gasteiger partial charge in [-0.15, -0.1) is 0 Å². The number of benzene rings is 1. The molecule has 3 aromatic rings. The molecule has 26 heavy (non-hydrogen) atoms. The van der Waals surface area contributed by atoms with Gasteiger partial charge in [-0.25, -0.2) is 0 Å². The number of hydrogen-bond acceptors (Lipinski definition) is 3. The van der Waals surface area contributed by atoms with Gasteiger partial charge >= 0.3 is 0 Å². The van der Waals surface area contributed by atoms with Crippen LogP contribution in [0.25, 0.3) is 0 Å². The van der Waals surface area contributed by atoms with Crippen molar-refractivity contribution in [2.75, 3.05) is 6.54 Å². The van der Waals surface area contributed by atoms with Crippen LogP contribution < -0.4 is 5.32 Å². The van der Waals surface area contributed by atoms with Crippen molar-refractivity contribution in [2.45, 2.75) is 32.2 Å². The maximum Gasteiger partial charge on any atom is 0.271 e. The van der Waals surface area contributed by atoms with E-state index in [1.54, 1.807) is 12.3 Å². The Morgan fingerprint density at radius 3 is 2.58 bits per heavy atom. The van der Waals surface area contributed by atoms with Crippen LogP contribution in [0.3, 0.4) is 0 Å². The normalized spacial score (nSPS) is 11.3. The molecule has 1 amide bonds. The second-order valence-electron chi connectivity index (χ2n) is 6.98. The zero-order chi connectivity index (χ0) is 18.4. The highest BCUT2D eigenvalue weighted by molar-refractivity contribution is 5.92. The van der Waals surface area contributed by atoms with Gasteiger partial charge in [-0.1, -0.05) is 50.2 Å². The molecule has 0 saturated carbocycles. The molecule has 0 fully saturated rings. The number of rotatable bonds is 7. The van der Waals surface area contributed by atoms with Gasteiger partial charge in [-0.3, -0.25) is 14.5 Å². The van der Waals surface area contributed by atoms with Crippen LogP contribution in [-0.2, 0) is 18.4 Å². The molecule has 134 valence electrons. The third kappa shape index (κ3) is 4.57. The molecule has 0 aliphatic rings. The Hall–Kier alpha value is -2.95. The van der Waals surface area contributed by atoms with Gasteiger partial charge < -0.3 is 5.32 Å². The number of aryl methyl sites for hydroxylation is 2. The summed E-state index contributed by atoms with van der Waals surface area (Å²) < 4.78 is 1.81. The standard InChI is InChI=1S/C21H24N4O/c1-21(2,19-10-6-7-13-22-19)16-23-20(26)18-12-15-25(24-18)14-11-17-8-4-3-5-9-17/h3-10,12-13,15H,11,14,16H2,1-2H3,(H,23,26). The van der Waals surface area contributed by atoms with E-state index in [-0.39, 0.29) is 11.3 Å². The quantitative estimate of drug-likeness (QED) is 0.713. The smallest absolute Gasteiger partial charge is 0.271 e. The van der Waals surface area contributed by atoms with E-state index in [4.69, 9.17) is 0 Å². The summed E-state index contributed by atoms with van der Waals surface area (Å²) in [4.78, 5) is 16.8. The van der Waals surface area contributed by atoms with Gasteiger partial charge in [-0.05, 0) is 30.2 Å². The van der Waals surface area contributed by atoms with E-state index < -0.39 is 0 Å². The van der Waals surface area contributed by atoms with Crippen LogP contribution in [0.2, 0.25) is 0 Å². The molecule has 5 heteroatoms. The van der Waals surface area contributed by atoms with Gasteiger partial charge in [0.2, 0.25) is 0 Å². The molecule has 2 aromatic heterocycles. The minimum absolute atomic E-state index is 0.160. The largest absolute Gasteiger partial charge is 0.350 e. The number of nitrogens with zero attached hydrogens (tertiary/aromatic N) is 3. The van der Waals surface area contributed by atoms with Crippen molar-refractivity contribution < 1.29 is 4.79 Å². The minimum atomic E-state index is -0.243. The molecule has 3 rings (SSSR count). The predicted octanol–water partition coefficient (Wildman–Crippen LogP) is 3.23. The summed E-state index contributed by atoms with van der Waals surface area (Å²) in [5, 5.41) is 7.36. The fourth-order valence-corrected chi connectivity index (χ4v) is 2.74. The van der Waals surface area contributed by atoms with Crippen molar-refractivity contribution >= 4 is 5.91 Å². The van der Waals surface area contributed by atoms with E-state index in [0.717, 1.165) is 18.7 Å². The highest BCUT2D eigenvalue weighted by Gasteiger charge is 2.23. The van der Waals surface area contributed by atoms with E-state index in [1.165, 1.54) is 5.56 Å². The fraction of sp³-hybridized carbons (Fsp3) is 0.286. The Morgan fingerprint density at radius 2 is 1.85 bits per heavy atom. The first-order valence-corrected chi connectivity index (χ1v) is 8.82. The van der Waals surface area contributed by atoms with Crippen molar-refractivity contribution in [1.82, 2.24) is 20.1 Å². The average molecular weight is 348 g/mol.